The van der Waals surface area contributed by atoms with E-state index in [2.05, 4.69) is 68.0 Å². The minimum absolute atomic E-state index is 0.0558. The molecule has 0 bridgehead atoms. The molecule has 2 aromatic heterocycles. The normalized spacial score (nSPS) is 14.5. The van der Waals surface area contributed by atoms with Crippen LogP contribution < -0.4 is 0 Å². The third-order valence-corrected chi connectivity index (χ3v) is 6.76. The molecule has 8 heteroatoms. The van der Waals surface area contributed by atoms with Gasteiger partial charge in [0.25, 0.3) is 0 Å². The second-order valence-corrected chi connectivity index (χ2v) is 9.37. The second kappa shape index (κ2) is 11.2. The molecule has 1 saturated carbocycles. The predicted molar refractivity (Wildman–Crippen MR) is 139 cm³/mol. The van der Waals surface area contributed by atoms with Crippen LogP contribution in [0.5, 0.6) is 0 Å². The number of carbonyl (C=O) groups is 1. The highest BCUT2D eigenvalue weighted by atomic mass is 16.1. The molecule has 2 heterocycles. The number of nitrogens with one attached hydrogen (secondary N) is 1. The number of rotatable bonds is 9. The van der Waals surface area contributed by atoms with Crippen LogP contribution in [0.3, 0.4) is 0 Å². The van der Waals surface area contributed by atoms with Crippen LogP contribution >= 0.6 is 0 Å². The van der Waals surface area contributed by atoms with Crippen LogP contribution in [0.2, 0.25) is 0 Å². The van der Waals surface area contributed by atoms with Crippen molar-refractivity contribution in [1.29, 1.82) is 0 Å². The van der Waals surface area contributed by atoms with Gasteiger partial charge in [-0.1, -0.05) is 93.6 Å². The zero-order chi connectivity index (χ0) is 24.7. The number of carbonyl (C=O) groups excluding carboxylic acids is 1. The van der Waals surface area contributed by atoms with Crippen LogP contribution in [0, 0.1) is 5.92 Å². The van der Waals surface area contributed by atoms with Crippen LogP contribution in [-0.4, -0.2) is 41.2 Å². The molecule has 184 valence electrons. The molecule has 36 heavy (non-hydrogen) atoms. The summed E-state index contributed by atoms with van der Waals surface area (Å²) in [6, 6.07) is 16.3. The summed E-state index contributed by atoms with van der Waals surface area (Å²) in [5.74, 6) is 2.14. The lowest BCUT2D eigenvalue weighted by atomic mass is 9.86. The predicted octanol–water partition coefficient (Wildman–Crippen LogP) is 5.75. The highest BCUT2D eigenvalue weighted by Gasteiger charge is 2.22. The van der Waals surface area contributed by atoms with E-state index < -0.39 is 0 Å². The number of tetrazole rings is 1. The Morgan fingerprint density at radius 1 is 1.06 bits per heavy atom. The highest BCUT2D eigenvalue weighted by Crippen LogP contribution is 2.30. The summed E-state index contributed by atoms with van der Waals surface area (Å²) in [7, 11) is 0. The number of ketones is 1. The molecule has 0 aliphatic heterocycles. The molecule has 5 rings (SSSR count). The Bertz CT molecular complexity index is 1320. The Kier molecular flexibility index (Phi) is 7.40. The lowest BCUT2D eigenvalue weighted by molar-refractivity contribution is 0.0939. The summed E-state index contributed by atoms with van der Waals surface area (Å²) >= 11 is 0. The lowest BCUT2D eigenvalue weighted by Gasteiger charge is -2.19. The van der Waals surface area contributed by atoms with Gasteiger partial charge in [-0.15, -0.1) is 15.3 Å². The summed E-state index contributed by atoms with van der Waals surface area (Å²) in [6.45, 7) is 2.62. The third-order valence-electron chi connectivity index (χ3n) is 6.76. The van der Waals surface area contributed by atoms with E-state index in [1.54, 1.807) is 0 Å². The molecular weight excluding hydrogens is 450 g/mol. The van der Waals surface area contributed by atoms with Crippen LogP contribution in [0.1, 0.15) is 73.9 Å². The molecule has 0 atom stereocenters. The molecule has 1 aliphatic rings. The molecule has 0 saturated heterocycles. The van der Waals surface area contributed by atoms with E-state index in [0.29, 0.717) is 30.5 Å². The number of allylic oxidation sites excluding steroid dienone is 1. The van der Waals surface area contributed by atoms with Gasteiger partial charge in [-0.25, -0.2) is 9.67 Å². The quantitative estimate of drug-likeness (QED) is 0.305. The van der Waals surface area contributed by atoms with Gasteiger partial charge in [0.1, 0.15) is 0 Å². The van der Waals surface area contributed by atoms with Crippen LogP contribution in [0.4, 0.5) is 0 Å². The van der Waals surface area contributed by atoms with Crippen molar-refractivity contribution in [3.63, 3.8) is 0 Å². The maximum Gasteiger partial charge on any atom is 0.217 e. The zero-order valence-electron chi connectivity index (χ0n) is 20.6. The molecule has 2 aromatic carbocycles. The number of hydrogen-bond donors (Lipinski definition) is 1. The number of hydrogen-bond acceptors (Lipinski definition) is 6. The Balaban J connectivity index is 1.36. The molecule has 1 aliphatic carbocycles. The van der Waals surface area contributed by atoms with Gasteiger partial charge in [-0.2, -0.15) is 5.21 Å². The van der Waals surface area contributed by atoms with Gasteiger partial charge in [0.2, 0.25) is 17.4 Å². The van der Waals surface area contributed by atoms with E-state index in [4.69, 9.17) is 0 Å². The minimum Gasteiger partial charge on any atom is -0.291 e. The first-order chi connectivity index (χ1) is 17.7. The molecule has 0 unspecified atom stereocenters. The first-order valence-corrected chi connectivity index (χ1v) is 12.8. The first kappa shape index (κ1) is 23.8. The SMILES string of the molecule is CC/C=C/c1nc(C(=O)CC2CCCCC2)nn1Cc1ccc(-c2ccccc2-c2nn[nH]n2)cc1. The van der Waals surface area contributed by atoms with Gasteiger partial charge in [-0.3, -0.25) is 4.79 Å². The monoisotopic (exact) mass is 481 g/mol. The van der Waals surface area contributed by atoms with Crippen molar-refractivity contribution in [2.24, 2.45) is 5.92 Å². The molecular formula is C28H31N7O. The first-order valence-electron chi connectivity index (χ1n) is 12.8. The molecule has 1 fully saturated rings. The van der Waals surface area contributed by atoms with Crippen molar-refractivity contribution < 1.29 is 4.79 Å². The largest absolute Gasteiger partial charge is 0.291 e. The summed E-state index contributed by atoms with van der Waals surface area (Å²) in [5, 5.41) is 19.1. The van der Waals surface area contributed by atoms with Gasteiger partial charge in [0.05, 0.1) is 6.54 Å². The van der Waals surface area contributed by atoms with Crippen molar-refractivity contribution in [2.75, 3.05) is 0 Å². The van der Waals surface area contributed by atoms with E-state index in [1.807, 2.05) is 35.0 Å². The summed E-state index contributed by atoms with van der Waals surface area (Å²) < 4.78 is 1.84. The Hall–Kier alpha value is -3.94. The van der Waals surface area contributed by atoms with Crippen molar-refractivity contribution in [1.82, 2.24) is 35.4 Å². The Morgan fingerprint density at radius 2 is 1.83 bits per heavy atom. The number of nitrogens with zero attached hydrogens (tertiary/aromatic N) is 6. The molecule has 0 spiro atoms. The summed E-state index contributed by atoms with van der Waals surface area (Å²) in [5.41, 5.74) is 4.10. The maximum atomic E-state index is 13.0. The smallest absolute Gasteiger partial charge is 0.217 e. The van der Waals surface area contributed by atoms with Crippen molar-refractivity contribution in [3.05, 3.63) is 71.8 Å². The van der Waals surface area contributed by atoms with Crippen LogP contribution in [0.25, 0.3) is 28.6 Å². The number of benzene rings is 2. The summed E-state index contributed by atoms with van der Waals surface area (Å²) in [4.78, 5) is 17.6. The van der Waals surface area contributed by atoms with E-state index in [1.165, 1.54) is 19.3 Å². The molecule has 1 N–H and O–H groups in total. The van der Waals surface area contributed by atoms with Gasteiger partial charge in [0, 0.05) is 12.0 Å². The molecule has 0 radical (unpaired) electrons. The topological polar surface area (TPSA) is 102 Å². The Morgan fingerprint density at radius 3 is 2.56 bits per heavy atom. The van der Waals surface area contributed by atoms with Gasteiger partial charge in [-0.05, 0) is 40.3 Å². The molecule has 8 nitrogen and oxygen atoms in total. The van der Waals surface area contributed by atoms with E-state index in [0.717, 1.165) is 47.3 Å². The molecule has 4 aromatic rings. The zero-order valence-corrected chi connectivity index (χ0v) is 20.6. The van der Waals surface area contributed by atoms with Crippen LogP contribution in [-0.2, 0) is 6.54 Å². The van der Waals surface area contributed by atoms with Crippen LogP contribution in [0.15, 0.2) is 54.6 Å². The minimum atomic E-state index is 0.0558. The van der Waals surface area contributed by atoms with E-state index in [9.17, 15) is 4.79 Å². The molecule has 0 amide bonds. The Labute approximate surface area is 210 Å². The van der Waals surface area contributed by atoms with Crippen molar-refractivity contribution >= 4 is 11.9 Å². The third kappa shape index (κ3) is 5.48. The highest BCUT2D eigenvalue weighted by molar-refractivity contribution is 5.92. The van der Waals surface area contributed by atoms with Crippen molar-refractivity contribution in [2.45, 2.75) is 58.4 Å². The lowest BCUT2D eigenvalue weighted by Crippen LogP contribution is -2.13. The number of aromatic amines is 1. The van der Waals surface area contributed by atoms with Gasteiger partial charge >= 0.3 is 0 Å². The summed E-state index contributed by atoms with van der Waals surface area (Å²) in [6.07, 6.45) is 11.5. The second-order valence-electron chi connectivity index (χ2n) is 9.37. The van der Waals surface area contributed by atoms with Crippen molar-refractivity contribution in [3.8, 4) is 22.5 Å². The standard InChI is InChI=1S/C28H31N7O/c1-2-3-13-26-29-28(25(36)18-20-9-5-4-6-10-20)32-35(26)19-21-14-16-22(17-15-21)23-11-7-8-12-24(23)27-30-33-34-31-27/h3,7-8,11-17,20H,2,4-6,9-10,18-19H2,1H3,(H,30,31,33,34)/b13-3+. The fourth-order valence-corrected chi connectivity index (χ4v) is 4.85. The average molecular weight is 482 g/mol. The van der Waals surface area contributed by atoms with E-state index >= 15 is 0 Å². The fraction of sp³-hybridized carbons (Fsp3) is 0.357. The average Bonchev–Trinajstić information content (AvgIpc) is 3.59. The van der Waals surface area contributed by atoms with Gasteiger partial charge < -0.3 is 0 Å². The van der Waals surface area contributed by atoms with Gasteiger partial charge in [0.15, 0.2) is 5.82 Å². The fourth-order valence-electron chi connectivity index (χ4n) is 4.85. The van der Waals surface area contributed by atoms with E-state index in [-0.39, 0.29) is 5.78 Å². The number of Topliss-reactive ketones (excluding diaryl/α,β-unsaturated/α-hetero) is 1. The number of aromatic nitrogens is 7. The maximum absolute atomic E-state index is 13.0. The number of H-pyrrole nitrogens is 1.